The van der Waals surface area contributed by atoms with Gasteiger partial charge in [-0.15, -0.1) is 0 Å². The standard InChI is InChI=1S/C26H38N6O13/c1-10(43-25-14(34)6-13(33)11(2)45-25)4-5-16(36)44-12(3)17(24(39)40)30-26(41)31-21-18-22(28-8-27-21)32(9-29-18)23-20(38)19(37)15(35)7-42-23/h8-15,17,19-20,23,25,33-35,37-38H,4-7H2,1-3H3,(H,39,40)(H2,27,28,30,31,41)/t10-,11+,12-,13-,14+,15-,17+,19+,20-,23-,25-/m1/s1. The molecule has 4 rings (SSSR count). The number of rotatable bonds is 11. The van der Waals surface area contributed by atoms with Crippen LogP contribution in [0.5, 0.6) is 0 Å². The predicted molar refractivity (Wildman–Crippen MR) is 148 cm³/mol. The van der Waals surface area contributed by atoms with Crippen molar-refractivity contribution >= 4 is 35.0 Å². The van der Waals surface area contributed by atoms with Gasteiger partial charge >= 0.3 is 18.0 Å². The molecule has 4 heterocycles. The van der Waals surface area contributed by atoms with Gasteiger partial charge in [-0.05, 0) is 27.2 Å². The van der Waals surface area contributed by atoms with Gasteiger partial charge in [0, 0.05) is 12.8 Å². The molecule has 0 saturated carbocycles. The summed E-state index contributed by atoms with van der Waals surface area (Å²) < 4.78 is 23.0. The molecule has 45 heavy (non-hydrogen) atoms. The molecule has 0 aromatic carbocycles. The van der Waals surface area contributed by atoms with Crippen molar-refractivity contribution < 1.29 is 64.0 Å². The van der Waals surface area contributed by atoms with Gasteiger partial charge in [-0.1, -0.05) is 0 Å². The smallest absolute Gasteiger partial charge is 0.330 e. The molecule has 0 spiro atoms. The van der Waals surface area contributed by atoms with E-state index in [4.69, 9.17) is 18.9 Å². The molecule has 0 radical (unpaired) electrons. The van der Waals surface area contributed by atoms with Gasteiger partial charge in [-0.3, -0.25) is 14.7 Å². The number of carbonyl (C=O) groups excluding carboxylic acids is 2. The molecular formula is C26H38N6O13. The minimum Gasteiger partial charge on any atom is -0.480 e. The second-order valence-electron chi connectivity index (χ2n) is 11.0. The third kappa shape index (κ3) is 8.19. The van der Waals surface area contributed by atoms with E-state index < -0.39 is 85.4 Å². The Morgan fingerprint density at radius 1 is 1.07 bits per heavy atom. The van der Waals surface area contributed by atoms with Crippen molar-refractivity contribution in [2.75, 3.05) is 11.9 Å². The number of aromatic nitrogens is 4. The van der Waals surface area contributed by atoms with Crippen molar-refractivity contribution in [3.63, 3.8) is 0 Å². The number of hydrogen-bond donors (Lipinski definition) is 8. The highest BCUT2D eigenvalue weighted by Gasteiger charge is 2.40. The minimum absolute atomic E-state index is 0.0449. The Morgan fingerprint density at radius 3 is 2.51 bits per heavy atom. The van der Waals surface area contributed by atoms with Gasteiger partial charge in [-0.2, -0.15) is 0 Å². The number of ether oxygens (including phenoxy) is 4. The second kappa shape index (κ2) is 14.7. The molecule has 2 saturated heterocycles. The molecule has 0 aliphatic carbocycles. The summed E-state index contributed by atoms with van der Waals surface area (Å²) >= 11 is 0. The monoisotopic (exact) mass is 642 g/mol. The van der Waals surface area contributed by atoms with E-state index in [1.807, 2.05) is 0 Å². The average Bonchev–Trinajstić information content (AvgIpc) is 3.41. The first-order chi connectivity index (χ1) is 21.3. The van der Waals surface area contributed by atoms with Gasteiger partial charge in [0.25, 0.3) is 0 Å². The molecule has 19 nitrogen and oxygen atoms in total. The van der Waals surface area contributed by atoms with E-state index in [2.05, 4.69) is 25.6 Å². The molecule has 8 N–H and O–H groups in total. The van der Waals surface area contributed by atoms with E-state index in [0.717, 1.165) is 6.33 Å². The number of esters is 1. The van der Waals surface area contributed by atoms with E-state index in [9.17, 15) is 45.0 Å². The Morgan fingerprint density at radius 2 is 1.80 bits per heavy atom. The van der Waals surface area contributed by atoms with Crippen LogP contribution in [0.15, 0.2) is 12.7 Å². The zero-order valence-corrected chi connectivity index (χ0v) is 24.7. The summed E-state index contributed by atoms with van der Waals surface area (Å²) in [6.07, 6.45) is -8.32. The van der Waals surface area contributed by atoms with E-state index in [0.29, 0.717) is 0 Å². The van der Waals surface area contributed by atoms with E-state index in [1.54, 1.807) is 13.8 Å². The number of carbonyl (C=O) groups is 3. The fraction of sp³-hybridized carbons (Fsp3) is 0.692. The van der Waals surface area contributed by atoms with Crippen LogP contribution in [0.1, 0.15) is 46.3 Å². The van der Waals surface area contributed by atoms with E-state index >= 15 is 0 Å². The fourth-order valence-corrected chi connectivity index (χ4v) is 4.85. The Hall–Kier alpha value is -3.56. The molecule has 250 valence electrons. The largest absolute Gasteiger partial charge is 0.480 e. The molecule has 2 amide bonds. The van der Waals surface area contributed by atoms with Crippen molar-refractivity contribution in [1.82, 2.24) is 24.8 Å². The Labute approximate surface area is 256 Å². The lowest BCUT2D eigenvalue weighted by molar-refractivity contribution is -0.273. The van der Waals surface area contributed by atoms with Gasteiger partial charge in [0.05, 0.1) is 31.2 Å². The van der Waals surface area contributed by atoms with Crippen molar-refractivity contribution in [2.45, 2.75) is 107 Å². The van der Waals surface area contributed by atoms with Crippen LogP contribution in [-0.2, 0) is 28.5 Å². The quantitative estimate of drug-likeness (QED) is 0.123. The molecule has 2 aromatic heterocycles. The highest BCUT2D eigenvalue weighted by atomic mass is 16.7. The fourth-order valence-electron chi connectivity index (χ4n) is 4.85. The molecular weight excluding hydrogens is 604 g/mol. The van der Waals surface area contributed by atoms with Crippen LogP contribution in [0.4, 0.5) is 10.6 Å². The minimum atomic E-state index is -1.66. The number of nitrogens with one attached hydrogen (secondary N) is 2. The third-order valence-electron chi connectivity index (χ3n) is 7.49. The van der Waals surface area contributed by atoms with Crippen LogP contribution in [-0.4, -0.2) is 136 Å². The number of hydrogen-bond acceptors (Lipinski definition) is 15. The highest BCUT2D eigenvalue weighted by molar-refractivity contribution is 5.97. The van der Waals surface area contributed by atoms with Crippen LogP contribution in [0.25, 0.3) is 11.2 Å². The normalized spacial score (nSPS) is 30.7. The molecule has 19 heteroatoms. The van der Waals surface area contributed by atoms with Crippen LogP contribution in [0.3, 0.4) is 0 Å². The van der Waals surface area contributed by atoms with Crippen molar-refractivity contribution in [2.24, 2.45) is 0 Å². The summed E-state index contributed by atoms with van der Waals surface area (Å²) in [4.78, 5) is 49.3. The lowest BCUT2D eigenvalue weighted by Crippen LogP contribution is -2.50. The predicted octanol–water partition coefficient (Wildman–Crippen LogP) is -2.01. The number of fused-ring (bicyclic) bond motifs is 1. The first-order valence-corrected chi connectivity index (χ1v) is 14.3. The number of aliphatic carboxylic acids is 1. The molecule has 11 atom stereocenters. The molecule has 2 fully saturated rings. The summed E-state index contributed by atoms with van der Waals surface area (Å²) in [6.45, 7) is 4.32. The first-order valence-electron chi connectivity index (χ1n) is 14.3. The zero-order chi connectivity index (χ0) is 33.0. The summed E-state index contributed by atoms with van der Waals surface area (Å²) in [5.41, 5.74) is 0.142. The van der Waals surface area contributed by atoms with Gasteiger partial charge in [0.2, 0.25) is 0 Å². The van der Waals surface area contributed by atoms with Crippen molar-refractivity contribution in [3.8, 4) is 0 Å². The maximum absolute atomic E-state index is 12.8. The number of nitrogens with zero attached hydrogens (tertiary/aromatic N) is 4. The number of aliphatic hydroxyl groups excluding tert-OH is 5. The van der Waals surface area contributed by atoms with Gasteiger partial charge in [0.15, 0.2) is 35.5 Å². The lowest BCUT2D eigenvalue weighted by Gasteiger charge is -2.36. The number of carboxylic acid groups (broad SMARTS) is 1. The van der Waals surface area contributed by atoms with Crippen molar-refractivity contribution in [1.29, 1.82) is 0 Å². The summed E-state index contributed by atoms with van der Waals surface area (Å²) in [6, 6.07) is -2.67. The Bertz CT molecular complexity index is 1350. The topological polar surface area (TPSA) is 277 Å². The number of amides is 2. The van der Waals surface area contributed by atoms with E-state index in [1.165, 1.54) is 17.8 Å². The second-order valence-corrected chi connectivity index (χ2v) is 11.0. The van der Waals surface area contributed by atoms with E-state index in [-0.39, 0.29) is 42.9 Å². The first kappa shape index (κ1) is 34.3. The molecule has 0 bridgehead atoms. The maximum atomic E-state index is 12.8. The average molecular weight is 643 g/mol. The van der Waals surface area contributed by atoms with Crippen LogP contribution < -0.4 is 10.6 Å². The van der Waals surface area contributed by atoms with Crippen LogP contribution >= 0.6 is 0 Å². The van der Waals surface area contributed by atoms with Crippen LogP contribution in [0.2, 0.25) is 0 Å². The number of carboxylic acids is 1. The zero-order valence-electron chi connectivity index (χ0n) is 24.7. The summed E-state index contributed by atoms with van der Waals surface area (Å²) in [5.74, 6) is -2.36. The third-order valence-corrected chi connectivity index (χ3v) is 7.49. The summed E-state index contributed by atoms with van der Waals surface area (Å²) in [5, 5.41) is 64.2. The maximum Gasteiger partial charge on any atom is 0.330 e. The van der Waals surface area contributed by atoms with Gasteiger partial charge in [-0.25, -0.2) is 24.5 Å². The number of anilines is 1. The lowest BCUT2D eigenvalue weighted by atomic mass is 10.0. The molecule has 2 aromatic rings. The SMILES string of the molecule is C[C@H](CCC(=O)O[C@H](C)[C@H](NC(=O)Nc1ncnc2c1ncn2[C@@H]1OC[C@@H](O)[C@H](O)[C@H]1O)C(=O)O)O[C@@H]1O[C@@H](C)[C@H](O)C[C@@H]1O. The molecule has 2 aliphatic rings. The number of aliphatic hydroxyl groups is 5. The van der Waals surface area contributed by atoms with Gasteiger partial charge in [0.1, 0.15) is 36.8 Å². The summed E-state index contributed by atoms with van der Waals surface area (Å²) in [7, 11) is 0. The van der Waals surface area contributed by atoms with Crippen LogP contribution in [0, 0.1) is 0 Å². The number of imidazole rings is 1. The Balaban J connectivity index is 1.31. The number of urea groups is 1. The molecule has 0 unspecified atom stereocenters. The van der Waals surface area contributed by atoms with Crippen molar-refractivity contribution in [3.05, 3.63) is 12.7 Å². The van der Waals surface area contributed by atoms with Gasteiger partial charge < -0.3 is 54.9 Å². The molecule has 2 aliphatic heterocycles. The highest BCUT2D eigenvalue weighted by Crippen LogP contribution is 2.28. The Kier molecular flexibility index (Phi) is 11.2.